The highest BCUT2D eigenvalue weighted by molar-refractivity contribution is 5.49. The Balaban J connectivity index is 2.60. The van der Waals surface area contributed by atoms with Crippen molar-refractivity contribution in [2.75, 3.05) is 0 Å². The van der Waals surface area contributed by atoms with Crippen LogP contribution in [-0.4, -0.2) is 6.29 Å². The molecule has 1 aromatic carbocycles. The molecule has 0 radical (unpaired) electrons. The number of rotatable bonds is 4. The highest BCUT2D eigenvalue weighted by Crippen LogP contribution is 2.19. The summed E-state index contributed by atoms with van der Waals surface area (Å²) < 4.78 is 12.5. The summed E-state index contributed by atoms with van der Waals surface area (Å²) in [5.41, 5.74) is 1.09. The molecule has 1 nitrogen and oxygen atoms in total. The molecule has 0 N–H and O–H groups in total. The summed E-state index contributed by atoms with van der Waals surface area (Å²) in [5.74, 6) is 0.108. The lowest BCUT2D eigenvalue weighted by atomic mass is 9.97. The average Bonchev–Trinajstić information content (AvgIpc) is 2.15. The minimum absolute atomic E-state index is 0.216. The lowest BCUT2D eigenvalue weighted by Gasteiger charge is -2.09. The van der Waals surface area contributed by atoms with Crippen LogP contribution in [0.15, 0.2) is 24.3 Å². The van der Waals surface area contributed by atoms with Gasteiger partial charge in [0.25, 0.3) is 0 Å². The van der Waals surface area contributed by atoms with E-state index in [9.17, 15) is 9.18 Å². The maximum Gasteiger partial charge on any atom is 0.123 e. The first-order valence-electron chi connectivity index (χ1n) is 4.43. The fraction of sp³-hybridized carbons (Fsp3) is 0.364. The zero-order valence-corrected chi connectivity index (χ0v) is 7.66. The predicted octanol–water partition coefficient (Wildman–Crippen LogP) is 2.91. The Labute approximate surface area is 77.6 Å². The van der Waals surface area contributed by atoms with E-state index in [1.54, 1.807) is 12.1 Å². The van der Waals surface area contributed by atoms with Gasteiger partial charge in [-0.3, -0.25) is 0 Å². The molecule has 0 amide bonds. The predicted molar refractivity (Wildman–Crippen MR) is 50.1 cm³/mol. The Kier molecular flexibility index (Phi) is 3.62. The van der Waals surface area contributed by atoms with Gasteiger partial charge in [-0.05, 0) is 30.0 Å². The van der Waals surface area contributed by atoms with Crippen LogP contribution in [0, 0.1) is 5.82 Å². The van der Waals surface area contributed by atoms with Crippen molar-refractivity contribution >= 4 is 6.29 Å². The summed E-state index contributed by atoms with van der Waals surface area (Å²) in [5, 5.41) is 0. The molecule has 13 heavy (non-hydrogen) atoms. The summed E-state index contributed by atoms with van der Waals surface area (Å²) >= 11 is 0. The second kappa shape index (κ2) is 4.75. The molecule has 1 rings (SSSR count). The molecule has 0 heterocycles. The van der Waals surface area contributed by atoms with Gasteiger partial charge in [0.15, 0.2) is 0 Å². The van der Waals surface area contributed by atoms with E-state index < -0.39 is 0 Å². The third-order valence-corrected chi connectivity index (χ3v) is 2.16. The van der Waals surface area contributed by atoms with Gasteiger partial charge in [0.1, 0.15) is 12.1 Å². The normalized spacial score (nSPS) is 12.5. The quantitative estimate of drug-likeness (QED) is 0.651. The van der Waals surface area contributed by atoms with Gasteiger partial charge in [-0.1, -0.05) is 19.1 Å². The molecule has 0 aliphatic rings. The van der Waals surface area contributed by atoms with E-state index in [1.165, 1.54) is 12.1 Å². The minimum Gasteiger partial charge on any atom is -0.303 e. The van der Waals surface area contributed by atoms with E-state index in [-0.39, 0.29) is 5.82 Å². The van der Waals surface area contributed by atoms with Crippen LogP contribution in [0.4, 0.5) is 4.39 Å². The van der Waals surface area contributed by atoms with Crippen molar-refractivity contribution in [1.82, 2.24) is 0 Å². The van der Waals surface area contributed by atoms with Crippen molar-refractivity contribution < 1.29 is 9.18 Å². The van der Waals surface area contributed by atoms with Gasteiger partial charge in [0.05, 0.1) is 0 Å². The molecule has 2 heteroatoms. The molecule has 70 valence electrons. The largest absolute Gasteiger partial charge is 0.303 e. The molecule has 1 aromatic rings. The van der Waals surface area contributed by atoms with Crippen molar-refractivity contribution in [2.24, 2.45) is 0 Å². The van der Waals surface area contributed by atoms with Crippen molar-refractivity contribution in [3.63, 3.8) is 0 Å². The number of hydrogen-bond donors (Lipinski definition) is 0. The van der Waals surface area contributed by atoms with Crippen LogP contribution in [0.2, 0.25) is 0 Å². The monoisotopic (exact) mass is 180 g/mol. The van der Waals surface area contributed by atoms with Crippen molar-refractivity contribution in [3.05, 3.63) is 35.6 Å². The van der Waals surface area contributed by atoms with Gasteiger partial charge in [-0.15, -0.1) is 0 Å². The summed E-state index contributed by atoms with van der Waals surface area (Å²) in [6.07, 6.45) is 2.31. The Bertz CT molecular complexity index is 266. The van der Waals surface area contributed by atoms with Crippen molar-refractivity contribution in [1.29, 1.82) is 0 Å². The first-order chi connectivity index (χ1) is 6.24. The second-order valence-electron chi connectivity index (χ2n) is 3.20. The molecule has 0 bridgehead atoms. The van der Waals surface area contributed by atoms with Gasteiger partial charge in [-0.25, -0.2) is 4.39 Å². The molecule has 0 saturated heterocycles. The maximum atomic E-state index is 12.5. The van der Waals surface area contributed by atoms with Gasteiger partial charge < -0.3 is 4.79 Å². The first kappa shape index (κ1) is 9.90. The Morgan fingerprint density at radius 2 is 2.00 bits per heavy atom. The van der Waals surface area contributed by atoms with E-state index in [0.29, 0.717) is 12.3 Å². The lowest BCUT2D eigenvalue weighted by Crippen LogP contribution is -1.93. The third-order valence-electron chi connectivity index (χ3n) is 2.16. The zero-order valence-electron chi connectivity index (χ0n) is 7.66. The number of aldehydes is 1. The molecule has 1 unspecified atom stereocenters. The van der Waals surface area contributed by atoms with E-state index >= 15 is 0 Å². The van der Waals surface area contributed by atoms with Gasteiger partial charge in [0, 0.05) is 6.42 Å². The summed E-state index contributed by atoms with van der Waals surface area (Å²) in [6.45, 7) is 2.04. The molecule has 0 fully saturated rings. The summed E-state index contributed by atoms with van der Waals surface area (Å²) in [7, 11) is 0. The topological polar surface area (TPSA) is 17.1 Å². The number of hydrogen-bond acceptors (Lipinski definition) is 1. The van der Waals surface area contributed by atoms with Gasteiger partial charge in [0.2, 0.25) is 0 Å². The molecule has 0 saturated carbocycles. The van der Waals surface area contributed by atoms with Crippen LogP contribution in [0.5, 0.6) is 0 Å². The van der Waals surface area contributed by atoms with Crippen LogP contribution >= 0.6 is 0 Å². The van der Waals surface area contributed by atoms with Crippen LogP contribution in [-0.2, 0) is 4.79 Å². The van der Waals surface area contributed by atoms with Crippen LogP contribution in [0.25, 0.3) is 0 Å². The van der Waals surface area contributed by atoms with Crippen LogP contribution in [0.3, 0.4) is 0 Å². The molecule has 0 spiro atoms. The molecule has 1 atom stereocenters. The third kappa shape index (κ3) is 2.98. The SMILES string of the molecule is CC(CCC=O)c1ccc(F)cc1. The van der Waals surface area contributed by atoms with E-state index in [2.05, 4.69) is 0 Å². The first-order valence-corrected chi connectivity index (χ1v) is 4.43. The molecule has 0 aliphatic heterocycles. The number of carbonyl (C=O) groups is 1. The highest BCUT2D eigenvalue weighted by Gasteiger charge is 2.04. The Morgan fingerprint density at radius 3 is 2.54 bits per heavy atom. The molecule has 0 aromatic heterocycles. The van der Waals surface area contributed by atoms with Crippen LogP contribution < -0.4 is 0 Å². The van der Waals surface area contributed by atoms with Crippen LogP contribution in [0.1, 0.15) is 31.2 Å². The standard InChI is InChI=1S/C11H13FO/c1-9(3-2-8-13)10-4-6-11(12)7-5-10/h4-9H,2-3H2,1H3. The second-order valence-corrected chi connectivity index (χ2v) is 3.20. The minimum atomic E-state index is -0.216. The number of carbonyl (C=O) groups excluding carboxylic acids is 1. The molecular formula is C11H13FO. The van der Waals surface area contributed by atoms with Crippen molar-refractivity contribution in [3.8, 4) is 0 Å². The molecule has 0 aliphatic carbocycles. The van der Waals surface area contributed by atoms with Gasteiger partial charge >= 0.3 is 0 Å². The summed E-state index contributed by atoms with van der Waals surface area (Å²) in [6, 6.07) is 6.44. The van der Waals surface area contributed by atoms with E-state index in [0.717, 1.165) is 18.3 Å². The van der Waals surface area contributed by atoms with Crippen molar-refractivity contribution in [2.45, 2.75) is 25.7 Å². The average molecular weight is 180 g/mol. The number of halogens is 1. The Hall–Kier alpha value is -1.18. The maximum absolute atomic E-state index is 12.5. The van der Waals surface area contributed by atoms with E-state index in [1.807, 2.05) is 6.92 Å². The lowest BCUT2D eigenvalue weighted by molar-refractivity contribution is -0.108. The fourth-order valence-electron chi connectivity index (χ4n) is 1.28. The number of benzene rings is 1. The zero-order chi connectivity index (χ0) is 9.68. The fourth-order valence-corrected chi connectivity index (χ4v) is 1.28. The summed E-state index contributed by atoms with van der Waals surface area (Å²) in [4.78, 5) is 10.1. The Morgan fingerprint density at radius 1 is 1.38 bits per heavy atom. The molecular weight excluding hydrogens is 167 g/mol. The van der Waals surface area contributed by atoms with Gasteiger partial charge in [-0.2, -0.15) is 0 Å². The highest BCUT2D eigenvalue weighted by atomic mass is 19.1. The van der Waals surface area contributed by atoms with E-state index in [4.69, 9.17) is 0 Å². The smallest absolute Gasteiger partial charge is 0.123 e.